The van der Waals surface area contributed by atoms with Crippen molar-refractivity contribution in [2.75, 3.05) is 0 Å². The summed E-state index contributed by atoms with van der Waals surface area (Å²) < 4.78 is 0. The summed E-state index contributed by atoms with van der Waals surface area (Å²) in [5.74, 6) is -0.789. The molecule has 3 nitrogen and oxygen atoms in total. The molecule has 1 aromatic rings. The van der Waals surface area contributed by atoms with Crippen LogP contribution in [0.5, 0.6) is 0 Å². The third-order valence-corrected chi connectivity index (χ3v) is 4.74. The summed E-state index contributed by atoms with van der Waals surface area (Å²) in [6.07, 6.45) is 4.79. The highest BCUT2D eigenvalue weighted by Gasteiger charge is 2.28. The first-order chi connectivity index (χ1) is 8.70. The molecule has 2 N–H and O–H groups in total. The lowest BCUT2D eigenvalue weighted by molar-refractivity contribution is -0.143. The predicted octanol–water partition coefficient (Wildman–Crippen LogP) is 3.43. The van der Waals surface area contributed by atoms with Gasteiger partial charge in [0, 0.05) is 17.0 Å². The highest BCUT2D eigenvalue weighted by Crippen LogP contribution is 2.28. The Morgan fingerprint density at radius 1 is 1.61 bits per heavy atom. The third-order valence-electron chi connectivity index (χ3n) is 3.76. The van der Waals surface area contributed by atoms with Crippen molar-refractivity contribution in [1.82, 2.24) is 5.32 Å². The summed E-state index contributed by atoms with van der Waals surface area (Å²) in [6.45, 7) is 2.18. The normalized spacial score (nSPS) is 25.8. The van der Waals surface area contributed by atoms with Gasteiger partial charge in [-0.2, -0.15) is 0 Å². The summed E-state index contributed by atoms with van der Waals surface area (Å²) in [5, 5.41) is 14.8. The van der Waals surface area contributed by atoms with Crippen molar-refractivity contribution in [2.24, 2.45) is 5.92 Å². The van der Waals surface area contributed by atoms with E-state index in [0.29, 0.717) is 12.1 Å². The van der Waals surface area contributed by atoms with Crippen molar-refractivity contribution < 1.29 is 9.90 Å². The molecule has 0 amide bonds. The van der Waals surface area contributed by atoms with E-state index in [1.54, 1.807) is 11.3 Å². The van der Waals surface area contributed by atoms with Gasteiger partial charge >= 0.3 is 5.97 Å². The number of hydrogen-bond acceptors (Lipinski definition) is 3. The predicted molar refractivity (Wildman–Crippen MR) is 73.9 cm³/mol. The Balaban J connectivity index is 1.93. The van der Waals surface area contributed by atoms with Gasteiger partial charge in [-0.1, -0.05) is 19.4 Å². The molecule has 1 aromatic heterocycles. The third kappa shape index (κ3) is 3.33. The Labute approximate surface area is 112 Å². The van der Waals surface area contributed by atoms with E-state index in [9.17, 15) is 4.79 Å². The molecule has 3 atom stereocenters. The number of hydrogen-bond donors (Lipinski definition) is 2. The van der Waals surface area contributed by atoms with Gasteiger partial charge in [0.25, 0.3) is 0 Å². The van der Waals surface area contributed by atoms with Crippen LogP contribution in [0.1, 0.15) is 49.9 Å². The molecular weight excluding hydrogens is 246 g/mol. The minimum absolute atomic E-state index is 0.155. The number of carbonyl (C=O) groups is 1. The minimum Gasteiger partial charge on any atom is -0.481 e. The zero-order valence-electron chi connectivity index (χ0n) is 10.8. The fraction of sp³-hybridized carbons (Fsp3) is 0.643. The topological polar surface area (TPSA) is 49.3 Å². The van der Waals surface area contributed by atoms with E-state index < -0.39 is 5.97 Å². The fourth-order valence-electron chi connectivity index (χ4n) is 2.74. The van der Waals surface area contributed by atoms with Gasteiger partial charge in [-0.3, -0.25) is 4.79 Å². The maximum atomic E-state index is 11.1. The average molecular weight is 267 g/mol. The van der Waals surface area contributed by atoms with Crippen LogP contribution in [0.25, 0.3) is 0 Å². The van der Waals surface area contributed by atoms with Gasteiger partial charge in [-0.15, -0.1) is 11.3 Å². The van der Waals surface area contributed by atoms with E-state index in [0.717, 1.165) is 32.1 Å². The van der Waals surface area contributed by atoms with E-state index in [2.05, 4.69) is 29.8 Å². The SMILES string of the molecule is CCC(NC1CCCC(C(=O)O)C1)c1cccs1. The van der Waals surface area contributed by atoms with E-state index in [-0.39, 0.29) is 5.92 Å². The lowest BCUT2D eigenvalue weighted by Crippen LogP contribution is -2.38. The Morgan fingerprint density at radius 3 is 3.06 bits per heavy atom. The molecule has 0 radical (unpaired) electrons. The quantitative estimate of drug-likeness (QED) is 0.859. The largest absolute Gasteiger partial charge is 0.481 e. The molecule has 0 bridgehead atoms. The first kappa shape index (κ1) is 13.6. The van der Waals surface area contributed by atoms with Crippen molar-refractivity contribution in [3.05, 3.63) is 22.4 Å². The minimum atomic E-state index is -0.634. The van der Waals surface area contributed by atoms with Crippen molar-refractivity contribution in [3.8, 4) is 0 Å². The van der Waals surface area contributed by atoms with Gasteiger partial charge in [0.15, 0.2) is 0 Å². The van der Waals surface area contributed by atoms with Crippen molar-refractivity contribution in [2.45, 2.75) is 51.1 Å². The van der Waals surface area contributed by atoms with Gasteiger partial charge in [-0.25, -0.2) is 0 Å². The van der Waals surface area contributed by atoms with Crippen LogP contribution < -0.4 is 5.32 Å². The number of carboxylic acid groups (broad SMARTS) is 1. The monoisotopic (exact) mass is 267 g/mol. The van der Waals surface area contributed by atoms with E-state index in [4.69, 9.17) is 5.11 Å². The van der Waals surface area contributed by atoms with Crippen LogP contribution in [0.3, 0.4) is 0 Å². The number of aliphatic carboxylic acids is 1. The molecule has 4 heteroatoms. The van der Waals surface area contributed by atoms with Gasteiger partial charge in [0.2, 0.25) is 0 Å². The summed E-state index contributed by atoms with van der Waals surface area (Å²) in [7, 11) is 0. The molecular formula is C14H21NO2S. The van der Waals surface area contributed by atoms with Crippen LogP contribution in [0.15, 0.2) is 17.5 Å². The van der Waals surface area contributed by atoms with Crippen LogP contribution >= 0.6 is 11.3 Å². The highest BCUT2D eigenvalue weighted by molar-refractivity contribution is 7.10. The van der Waals surface area contributed by atoms with Crippen LogP contribution in [0.4, 0.5) is 0 Å². The second kappa shape index (κ2) is 6.34. The summed E-state index contributed by atoms with van der Waals surface area (Å²) >= 11 is 1.77. The molecule has 1 aliphatic carbocycles. The molecule has 0 aromatic carbocycles. The first-order valence-electron chi connectivity index (χ1n) is 6.73. The number of carboxylic acids is 1. The molecule has 1 saturated carbocycles. The molecule has 2 rings (SSSR count). The van der Waals surface area contributed by atoms with Crippen molar-refractivity contribution in [1.29, 1.82) is 0 Å². The molecule has 18 heavy (non-hydrogen) atoms. The zero-order chi connectivity index (χ0) is 13.0. The summed E-state index contributed by atoms with van der Waals surface area (Å²) in [5.41, 5.74) is 0. The fourth-order valence-corrected chi connectivity index (χ4v) is 3.61. The number of nitrogens with one attached hydrogen (secondary N) is 1. The van der Waals surface area contributed by atoms with Crippen LogP contribution in [-0.4, -0.2) is 17.1 Å². The van der Waals surface area contributed by atoms with E-state index in [1.807, 2.05) is 0 Å². The van der Waals surface area contributed by atoms with Crippen molar-refractivity contribution >= 4 is 17.3 Å². The van der Waals surface area contributed by atoms with Gasteiger partial charge in [0.05, 0.1) is 5.92 Å². The molecule has 1 aliphatic rings. The van der Waals surface area contributed by atoms with Crippen LogP contribution in [0, 0.1) is 5.92 Å². The average Bonchev–Trinajstić information content (AvgIpc) is 2.90. The van der Waals surface area contributed by atoms with Gasteiger partial charge in [0.1, 0.15) is 0 Å². The first-order valence-corrected chi connectivity index (χ1v) is 7.61. The molecule has 100 valence electrons. The zero-order valence-corrected chi connectivity index (χ0v) is 11.6. The molecule has 0 aliphatic heterocycles. The van der Waals surface area contributed by atoms with E-state index in [1.165, 1.54) is 4.88 Å². The maximum absolute atomic E-state index is 11.1. The smallest absolute Gasteiger partial charge is 0.306 e. The molecule has 0 spiro atoms. The Hall–Kier alpha value is -0.870. The molecule has 1 fully saturated rings. The molecule has 1 heterocycles. The standard InChI is InChI=1S/C14H21NO2S/c1-2-12(13-7-4-8-18-13)15-11-6-3-5-10(9-11)14(16)17/h4,7-8,10-12,15H,2-3,5-6,9H2,1H3,(H,16,17). The number of rotatable bonds is 5. The van der Waals surface area contributed by atoms with E-state index >= 15 is 0 Å². The number of thiophene rings is 1. The van der Waals surface area contributed by atoms with Gasteiger partial charge < -0.3 is 10.4 Å². The second-order valence-corrected chi connectivity index (χ2v) is 6.02. The van der Waals surface area contributed by atoms with Crippen molar-refractivity contribution in [3.63, 3.8) is 0 Å². The lowest BCUT2D eigenvalue weighted by Gasteiger charge is -2.30. The van der Waals surface area contributed by atoms with Gasteiger partial charge in [-0.05, 0) is 37.1 Å². The Morgan fingerprint density at radius 2 is 2.44 bits per heavy atom. The molecule has 0 saturated heterocycles. The Bertz CT molecular complexity index is 377. The maximum Gasteiger partial charge on any atom is 0.306 e. The molecule has 3 unspecified atom stereocenters. The van der Waals surface area contributed by atoms with Crippen LogP contribution in [-0.2, 0) is 4.79 Å². The summed E-state index contributed by atoms with van der Waals surface area (Å²) in [4.78, 5) is 12.4. The summed E-state index contributed by atoms with van der Waals surface area (Å²) in [6, 6.07) is 4.96. The highest BCUT2D eigenvalue weighted by atomic mass is 32.1. The second-order valence-electron chi connectivity index (χ2n) is 5.04. The van der Waals surface area contributed by atoms with Crippen LogP contribution in [0.2, 0.25) is 0 Å². The Kier molecular flexibility index (Phi) is 4.78. The lowest BCUT2D eigenvalue weighted by atomic mass is 9.85.